The van der Waals surface area contributed by atoms with Crippen LogP contribution in [-0.4, -0.2) is 42.9 Å². The van der Waals surface area contributed by atoms with Crippen molar-refractivity contribution in [1.82, 2.24) is 4.98 Å². The molecular formula is C10H12BrN3O4S. The van der Waals surface area contributed by atoms with Crippen molar-refractivity contribution < 1.29 is 13.3 Å². The maximum Gasteiger partial charge on any atom is 0.312 e. The molecule has 0 bridgehead atoms. The van der Waals surface area contributed by atoms with Crippen molar-refractivity contribution in [2.24, 2.45) is 0 Å². The van der Waals surface area contributed by atoms with Crippen molar-refractivity contribution in [1.29, 1.82) is 0 Å². The number of aromatic nitrogens is 1. The van der Waals surface area contributed by atoms with Crippen LogP contribution >= 0.6 is 15.9 Å². The fourth-order valence-corrected chi connectivity index (χ4v) is 3.54. The second kappa shape index (κ2) is 5.41. The average Bonchev–Trinajstić information content (AvgIpc) is 2.50. The van der Waals surface area contributed by atoms with Crippen LogP contribution in [0.1, 0.15) is 6.42 Å². The Morgan fingerprint density at radius 3 is 2.79 bits per heavy atom. The van der Waals surface area contributed by atoms with E-state index in [1.54, 1.807) is 4.90 Å². The molecule has 19 heavy (non-hydrogen) atoms. The van der Waals surface area contributed by atoms with E-state index in [2.05, 4.69) is 20.9 Å². The van der Waals surface area contributed by atoms with Gasteiger partial charge in [-0.25, -0.2) is 13.4 Å². The fraction of sp³-hybridized carbons (Fsp3) is 0.500. The van der Waals surface area contributed by atoms with Gasteiger partial charge in [-0.3, -0.25) is 10.1 Å². The highest BCUT2D eigenvalue weighted by Gasteiger charge is 2.25. The molecule has 0 aromatic carbocycles. The lowest BCUT2D eigenvalue weighted by molar-refractivity contribution is -0.384. The third kappa shape index (κ3) is 3.41. The first-order chi connectivity index (χ1) is 8.89. The minimum absolute atomic E-state index is 0.00188. The van der Waals surface area contributed by atoms with E-state index in [1.807, 2.05) is 0 Å². The Morgan fingerprint density at radius 2 is 2.11 bits per heavy atom. The van der Waals surface area contributed by atoms with Crippen LogP contribution in [0.15, 0.2) is 16.7 Å². The summed E-state index contributed by atoms with van der Waals surface area (Å²) in [6, 6.07) is 1.38. The maximum atomic E-state index is 11.5. The molecule has 1 fully saturated rings. The minimum Gasteiger partial charge on any atom is -0.350 e. The molecule has 1 aliphatic heterocycles. The topological polar surface area (TPSA) is 93.4 Å². The second-order valence-corrected chi connectivity index (χ2v) is 7.47. The Hall–Kier alpha value is -1.22. The van der Waals surface area contributed by atoms with Crippen LogP contribution in [0.25, 0.3) is 0 Å². The molecule has 2 rings (SSSR count). The zero-order valence-electron chi connectivity index (χ0n) is 9.95. The molecule has 2 heterocycles. The molecule has 1 saturated heterocycles. The lowest BCUT2D eigenvalue weighted by Crippen LogP contribution is -2.28. The Morgan fingerprint density at radius 1 is 1.37 bits per heavy atom. The van der Waals surface area contributed by atoms with Gasteiger partial charge in [0, 0.05) is 29.8 Å². The summed E-state index contributed by atoms with van der Waals surface area (Å²) in [7, 11) is -3.05. The third-order valence-corrected chi connectivity index (χ3v) is 5.01. The number of halogens is 1. The number of pyridine rings is 1. The van der Waals surface area contributed by atoms with Crippen molar-refractivity contribution >= 4 is 37.3 Å². The van der Waals surface area contributed by atoms with E-state index < -0.39 is 14.8 Å². The molecule has 1 aromatic rings. The first-order valence-corrected chi connectivity index (χ1v) is 8.26. The first kappa shape index (κ1) is 14.2. The van der Waals surface area contributed by atoms with Crippen molar-refractivity contribution in [3.8, 4) is 0 Å². The van der Waals surface area contributed by atoms with E-state index in [1.165, 1.54) is 12.3 Å². The first-order valence-electron chi connectivity index (χ1n) is 5.64. The minimum atomic E-state index is -3.05. The van der Waals surface area contributed by atoms with Gasteiger partial charge in [0.15, 0.2) is 9.84 Å². The molecule has 0 unspecified atom stereocenters. The second-order valence-electron chi connectivity index (χ2n) is 4.25. The Bertz CT molecular complexity index is 605. The van der Waals surface area contributed by atoms with Gasteiger partial charge >= 0.3 is 5.69 Å². The molecule has 0 radical (unpaired) electrons. The quantitative estimate of drug-likeness (QED) is 0.591. The highest BCUT2D eigenvalue weighted by atomic mass is 79.9. The van der Waals surface area contributed by atoms with Gasteiger partial charge < -0.3 is 4.90 Å². The zero-order chi connectivity index (χ0) is 14.0. The van der Waals surface area contributed by atoms with Gasteiger partial charge in [0.25, 0.3) is 0 Å². The smallest absolute Gasteiger partial charge is 0.312 e. The van der Waals surface area contributed by atoms with Crippen LogP contribution in [0.5, 0.6) is 0 Å². The number of nitrogens with zero attached hydrogens (tertiary/aromatic N) is 3. The third-order valence-electron chi connectivity index (χ3n) is 2.87. The van der Waals surface area contributed by atoms with Crippen molar-refractivity contribution in [3.63, 3.8) is 0 Å². The summed E-state index contributed by atoms with van der Waals surface area (Å²) in [4.78, 5) is 16.2. The Kier molecular flexibility index (Phi) is 4.04. The number of hydrogen-bond acceptors (Lipinski definition) is 6. The van der Waals surface area contributed by atoms with Gasteiger partial charge in [-0.15, -0.1) is 0 Å². The highest BCUT2D eigenvalue weighted by molar-refractivity contribution is 9.10. The molecule has 9 heteroatoms. The number of anilines is 1. The largest absolute Gasteiger partial charge is 0.350 e. The Balaban J connectivity index is 2.34. The van der Waals surface area contributed by atoms with Crippen LogP contribution in [0.2, 0.25) is 0 Å². The summed E-state index contributed by atoms with van der Waals surface area (Å²) < 4.78 is 23.6. The summed E-state index contributed by atoms with van der Waals surface area (Å²) in [5.41, 5.74) is -0.117. The summed E-state index contributed by atoms with van der Waals surface area (Å²) in [5.74, 6) is 0.348. The number of rotatable bonds is 2. The molecule has 0 aliphatic carbocycles. The van der Waals surface area contributed by atoms with Gasteiger partial charge in [-0.1, -0.05) is 0 Å². The van der Waals surface area contributed by atoms with E-state index in [0.29, 0.717) is 17.4 Å². The SMILES string of the molecule is O=[N+]([O-])c1cc(Br)cnc1N1CCCS(=O)(=O)CC1. The molecule has 0 amide bonds. The van der Waals surface area contributed by atoms with Crippen molar-refractivity contribution in [3.05, 3.63) is 26.9 Å². The van der Waals surface area contributed by atoms with Crippen LogP contribution < -0.4 is 4.90 Å². The molecule has 1 aromatic heterocycles. The lowest BCUT2D eigenvalue weighted by atomic mass is 10.3. The lowest BCUT2D eigenvalue weighted by Gasteiger charge is -2.20. The predicted octanol–water partition coefficient (Wildman–Crippen LogP) is 1.38. The fourth-order valence-electron chi connectivity index (χ4n) is 1.95. The summed E-state index contributed by atoms with van der Waals surface area (Å²) in [5, 5.41) is 11.0. The van der Waals surface area contributed by atoms with Crippen molar-refractivity contribution in [2.45, 2.75) is 6.42 Å². The molecule has 0 saturated carbocycles. The summed E-state index contributed by atoms with van der Waals surface area (Å²) >= 11 is 3.14. The highest BCUT2D eigenvalue weighted by Crippen LogP contribution is 2.29. The number of nitro groups is 1. The monoisotopic (exact) mass is 349 g/mol. The molecule has 0 spiro atoms. The molecular weight excluding hydrogens is 338 g/mol. The van der Waals surface area contributed by atoms with Gasteiger partial charge in [0.05, 0.1) is 16.4 Å². The molecule has 0 atom stereocenters. The van der Waals surface area contributed by atoms with Gasteiger partial charge in [0.2, 0.25) is 5.82 Å². The Labute approximate surface area is 118 Å². The molecule has 104 valence electrons. The van der Waals surface area contributed by atoms with Gasteiger partial charge in [0.1, 0.15) is 0 Å². The van der Waals surface area contributed by atoms with Gasteiger partial charge in [-0.05, 0) is 22.4 Å². The molecule has 7 nitrogen and oxygen atoms in total. The van der Waals surface area contributed by atoms with E-state index in [4.69, 9.17) is 0 Å². The van der Waals surface area contributed by atoms with E-state index in [0.717, 1.165) is 0 Å². The molecule has 0 N–H and O–H groups in total. The molecule has 1 aliphatic rings. The predicted molar refractivity (Wildman–Crippen MR) is 74.1 cm³/mol. The number of sulfone groups is 1. The van der Waals surface area contributed by atoms with E-state index in [-0.39, 0.29) is 29.6 Å². The van der Waals surface area contributed by atoms with E-state index >= 15 is 0 Å². The average molecular weight is 350 g/mol. The van der Waals surface area contributed by atoms with Crippen LogP contribution in [0.4, 0.5) is 11.5 Å². The maximum absolute atomic E-state index is 11.5. The zero-order valence-corrected chi connectivity index (χ0v) is 12.4. The van der Waals surface area contributed by atoms with Crippen LogP contribution in [0.3, 0.4) is 0 Å². The summed E-state index contributed by atoms with van der Waals surface area (Å²) in [6.07, 6.45) is 1.93. The standard InChI is InChI=1S/C10H12BrN3O4S/c11-8-6-9(14(15)16)10(12-7-8)13-2-1-4-19(17,18)5-3-13/h6-7H,1-5H2. The van der Waals surface area contributed by atoms with Crippen LogP contribution in [-0.2, 0) is 9.84 Å². The van der Waals surface area contributed by atoms with Crippen LogP contribution in [0, 0.1) is 10.1 Å². The van der Waals surface area contributed by atoms with E-state index in [9.17, 15) is 18.5 Å². The van der Waals surface area contributed by atoms with Gasteiger partial charge in [-0.2, -0.15) is 0 Å². The normalized spacial score (nSPS) is 18.9. The van der Waals surface area contributed by atoms with Crippen molar-refractivity contribution in [2.75, 3.05) is 29.5 Å². The summed E-state index contributed by atoms with van der Waals surface area (Å²) in [6.45, 7) is 0.687. The number of hydrogen-bond donors (Lipinski definition) is 0.